The molecule has 12 heteroatoms. The second-order valence-electron chi connectivity index (χ2n) is 11.2. The third kappa shape index (κ3) is 4.32. The molecule has 1 saturated carbocycles. The Labute approximate surface area is 236 Å². The number of aromatic nitrogens is 4. The lowest BCUT2D eigenvalue weighted by Gasteiger charge is -2.47. The van der Waals surface area contributed by atoms with Gasteiger partial charge in [-0.3, -0.25) is 0 Å². The van der Waals surface area contributed by atoms with Gasteiger partial charge >= 0.3 is 6.01 Å². The molecular formula is C27H33N9OS2. The number of fused-ring (bicyclic) bond motifs is 2. The van der Waals surface area contributed by atoms with Crippen molar-refractivity contribution in [3.63, 3.8) is 0 Å². The SMILES string of the molecule is CC(C)C1(COc2nc(N3CC4(C3)SCc3sc(N)c(C#N)c34)nc(N(C)[C@H](C)c3cccnc3N)n2)CC1. The van der Waals surface area contributed by atoms with Crippen molar-refractivity contribution >= 4 is 45.8 Å². The molecule has 1 spiro atoms. The summed E-state index contributed by atoms with van der Waals surface area (Å²) in [5, 5.41) is 10.4. The van der Waals surface area contributed by atoms with E-state index in [0.29, 0.717) is 59.9 Å². The zero-order valence-electron chi connectivity index (χ0n) is 22.6. The van der Waals surface area contributed by atoms with Gasteiger partial charge in [-0.2, -0.15) is 20.2 Å². The normalized spacial score (nSPS) is 18.9. The maximum absolute atomic E-state index is 9.76. The van der Waals surface area contributed by atoms with Crippen LogP contribution in [0.2, 0.25) is 0 Å². The molecule has 1 aliphatic carbocycles. The highest BCUT2D eigenvalue weighted by atomic mass is 32.2. The summed E-state index contributed by atoms with van der Waals surface area (Å²) in [5.41, 5.74) is 15.2. The standard InChI is InChI=1S/C27H33N9OS2/c1-15(2)26(7-8-26)14-37-25-33-23(35(4)16(3)17-6-5-9-31-21(17)29)32-24(34-25)36-12-27(13-36)20-18(10-28)22(30)39-19(20)11-38-27/h5-6,9,15-16H,7-8,11-14,30H2,1-4H3,(H2,29,31)/t16-/m1/s1. The summed E-state index contributed by atoms with van der Waals surface area (Å²) in [7, 11) is 1.94. The lowest BCUT2D eigenvalue weighted by molar-refractivity contribution is 0.178. The van der Waals surface area contributed by atoms with Crippen LogP contribution in [0.25, 0.3) is 0 Å². The van der Waals surface area contributed by atoms with Crippen LogP contribution in [0.5, 0.6) is 6.01 Å². The minimum Gasteiger partial charge on any atom is -0.463 e. The van der Waals surface area contributed by atoms with Crippen LogP contribution in [-0.4, -0.2) is 46.7 Å². The number of nitriles is 1. The molecule has 3 aromatic rings. The molecule has 3 aromatic heterocycles. The Morgan fingerprint density at radius 2 is 1.97 bits per heavy atom. The van der Waals surface area contributed by atoms with Crippen LogP contribution in [0.3, 0.4) is 0 Å². The van der Waals surface area contributed by atoms with Crippen molar-refractivity contribution < 1.29 is 4.74 Å². The van der Waals surface area contributed by atoms with Gasteiger partial charge in [0.2, 0.25) is 11.9 Å². The fraction of sp³-hybridized carbons (Fsp3) is 0.519. The molecule has 204 valence electrons. The lowest BCUT2D eigenvalue weighted by atomic mass is 9.88. The van der Waals surface area contributed by atoms with E-state index in [1.54, 1.807) is 6.20 Å². The van der Waals surface area contributed by atoms with Crippen molar-refractivity contribution in [2.24, 2.45) is 11.3 Å². The monoisotopic (exact) mass is 563 g/mol. The van der Waals surface area contributed by atoms with Gasteiger partial charge in [0.1, 0.15) is 16.9 Å². The summed E-state index contributed by atoms with van der Waals surface area (Å²) < 4.78 is 6.09. The van der Waals surface area contributed by atoms with Gasteiger partial charge in [-0.05, 0) is 31.7 Å². The van der Waals surface area contributed by atoms with Gasteiger partial charge in [0.15, 0.2) is 0 Å². The smallest absolute Gasteiger partial charge is 0.323 e. The van der Waals surface area contributed by atoms with Crippen LogP contribution in [0.15, 0.2) is 18.3 Å². The predicted molar refractivity (Wildman–Crippen MR) is 156 cm³/mol. The van der Waals surface area contributed by atoms with E-state index in [1.807, 2.05) is 35.8 Å². The van der Waals surface area contributed by atoms with Crippen LogP contribution < -0.4 is 26.0 Å². The Morgan fingerprint density at radius 1 is 1.21 bits per heavy atom. The van der Waals surface area contributed by atoms with Gasteiger partial charge in [-0.1, -0.05) is 19.9 Å². The Balaban J connectivity index is 1.30. The molecule has 2 fully saturated rings. The summed E-state index contributed by atoms with van der Waals surface area (Å²) in [4.78, 5) is 23.9. The summed E-state index contributed by atoms with van der Waals surface area (Å²) in [6, 6.07) is 6.40. The minimum absolute atomic E-state index is 0.116. The van der Waals surface area contributed by atoms with Crippen LogP contribution >= 0.6 is 23.1 Å². The maximum Gasteiger partial charge on any atom is 0.323 e. The van der Waals surface area contributed by atoms with Crippen molar-refractivity contribution in [1.82, 2.24) is 19.9 Å². The molecule has 3 aliphatic rings. The molecule has 0 aromatic carbocycles. The molecule has 0 amide bonds. The molecule has 0 radical (unpaired) electrons. The molecule has 1 atom stereocenters. The first-order valence-electron chi connectivity index (χ1n) is 13.2. The van der Waals surface area contributed by atoms with E-state index in [2.05, 4.69) is 36.7 Å². The van der Waals surface area contributed by atoms with E-state index in [4.69, 9.17) is 31.2 Å². The summed E-state index contributed by atoms with van der Waals surface area (Å²) in [6.45, 7) is 8.52. The first-order chi connectivity index (χ1) is 18.7. The van der Waals surface area contributed by atoms with Gasteiger partial charge in [0.05, 0.1) is 23.0 Å². The Morgan fingerprint density at radius 3 is 2.64 bits per heavy atom. The van der Waals surface area contributed by atoms with Crippen LogP contribution in [0.1, 0.15) is 61.2 Å². The van der Waals surface area contributed by atoms with Crippen molar-refractivity contribution in [2.45, 2.75) is 50.2 Å². The van der Waals surface area contributed by atoms with Gasteiger partial charge in [0.25, 0.3) is 0 Å². The molecule has 2 aliphatic heterocycles. The summed E-state index contributed by atoms with van der Waals surface area (Å²) in [6.07, 6.45) is 4.00. The Kier molecular flexibility index (Phi) is 6.26. The molecule has 0 bridgehead atoms. The number of nitrogens with zero attached hydrogens (tertiary/aromatic N) is 7. The number of nitrogens with two attached hydrogens (primary N) is 2. The number of rotatable bonds is 8. The molecule has 1 saturated heterocycles. The van der Waals surface area contributed by atoms with Crippen molar-refractivity contribution in [3.05, 3.63) is 39.9 Å². The quantitative estimate of drug-likeness (QED) is 0.404. The van der Waals surface area contributed by atoms with Gasteiger partial charge in [-0.15, -0.1) is 23.1 Å². The number of hydrogen-bond donors (Lipinski definition) is 2. The molecule has 5 heterocycles. The Hall–Kier alpha value is -3.30. The van der Waals surface area contributed by atoms with Gasteiger partial charge < -0.3 is 26.0 Å². The number of ether oxygens (including phenoxy) is 1. The highest BCUT2D eigenvalue weighted by molar-refractivity contribution is 8.00. The first kappa shape index (κ1) is 26.0. The molecule has 0 unspecified atom stereocenters. The zero-order chi connectivity index (χ0) is 27.5. The van der Waals surface area contributed by atoms with E-state index in [1.165, 1.54) is 16.2 Å². The molecule has 6 rings (SSSR count). The van der Waals surface area contributed by atoms with Gasteiger partial charge in [0, 0.05) is 53.5 Å². The van der Waals surface area contributed by atoms with E-state index >= 15 is 0 Å². The summed E-state index contributed by atoms with van der Waals surface area (Å²) in [5.74, 6) is 2.98. The third-order valence-corrected chi connectivity index (χ3v) is 11.3. The van der Waals surface area contributed by atoms with E-state index in [-0.39, 0.29) is 16.2 Å². The van der Waals surface area contributed by atoms with Gasteiger partial charge in [-0.25, -0.2) is 4.98 Å². The average molecular weight is 564 g/mol. The predicted octanol–water partition coefficient (Wildman–Crippen LogP) is 4.34. The number of hydrogen-bond acceptors (Lipinski definition) is 12. The lowest BCUT2D eigenvalue weighted by Crippen LogP contribution is -2.57. The minimum atomic E-state index is -0.165. The highest BCUT2D eigenvalue weighted by Gasteiger charge is 2.53. The largest absolute Gasteiger partial charge is 0.463 e. The Bertz CT molecular complexity index is 1460. The molecule has 10 nitrogen and oxygen atoms in total. The second-order valence-corrected chi connectivity index (χ2v) is 13.7. The number of anilines is 4. The van der Waals surface area contributed by atoms with Crippen molar-refractivity contribution in [2.75, 3.05) is 48.0 Å². The van der Waals surface area contributed by atoms with Crippen molar-refractivity contribution in [3.8, 4) is 12.1 Å². The topological polar surface area (TPSA) is 143 Å². The van der Waals surface area contributed by atoms with Crippen molar-refractivity contribution in [1.29, 1.82) is 5.26 Å². The third-order valence-electron chi connectivity index (χ3n) is 8.65. The fourth-order valence-corrected chi connectivity index (χ4v) is 8.36. The van der Waals surface area contributed by atoms with E-state index < -0.39 is 0 Å². The second kappa shape index (κ2) is 9.41. The number of pyridine rings is 1. The van der Waals surface area contributed by atoms with E-state index in [9.17, 15) is 5.26 Å². The van der Waals surface area contributed by atoms with E-state index in [0.717, 1.165) is 29.7 Å². The number of nitrogen functional groups attached to an aromatic ring is 2. The highest BCUT2D eigenvalue weighted by Crippen LogP contribution is 2.58. The zero-order valence-corrected chi connectivity index (χ0v) is 24.3. The molecule has 39 heavy (non-hydrogen) atoms. The molecular weight excluding hydrogens is 530 g/mol. The average Bonchev–Trinajstić information content (AvgIpc) is 3.52. The van der Waals surface area contributed by atoms with Crippen LogP contribution in [-0.2, 0) is 10.5 Å². The maximum atomic E-state index is 9.76. The molecule has 4 N–H and O–H groups in total. The van der Waals surface area contributed by atoms with Crippen LogP contribution in [0.4, 0.5) is 22.7 Å². The number of thiophene rings is 1. The summed E-state index contributed by atoms with van der Waals surface area (Å²) >= 11 is 3.41. The van der Waals surface area contributed by atoms with Crippen LogP contribution in [0, 0.1) is 22.7 Å². The number of thioether (sulfide) groups is 1. The fourth-order valence-electron chi connectivity index (χ4n) is 5.55. The first-order valence-corrected chi connectivity index (χ1v) is 15.0.